The lowest BCUT2D eigenvalue weighted by Crippen LogP contribution is -2.55. The number of hydrogen-bond donors (Lipinski definition) is 1. The van der Waals surface area contributed by atoms with Gasteiger partial charge < -0.3 is 14.6 Å². The van der Waals surface area contributed by atoms with Crippen LogP contribution in [0.1, 0.15) is 49.7 Å². The van der Waals surface area contributed by atoms with E-state index in [1.165, 1.54) is 25.7 Å². The maximum Gasteiger partial charge on any atom is 0.348 e. The van der Waals surface area contributed by atoms with Crippen LogP contribution in [0.25, 0.3) is 0 Å². The van der Waals surface area contributed by atoms with Gasteiger partial charge in [0.15, 0.2) is 0 Å². The third kappa shape index (κ3) is 3.22. The zero-order valence-corrected chi connectivity index (χ0v) is 20.2. The third-order valence-corrected chi connectivity index (χ3v) is 7.96. The van der Waals surface area contributed by atoms with Crippen molar-refractivity contribution in [1.82, 2.24) is 4.90 Å². The number of piperidine rings is 1. The SMILES string of the molecule is CBr.CN1C2CCC1(C1CC1)CC(OC(=O)C1(O)c3ccccc3Oc3ccccc31)C2. The number of benzene rings is 2. The van der Waals surface area contributed by atoms with Crippen LogP contribution in [0.2, 0.25) is 0 Å². The number of carbonyl (C=O) groups is 1. The summed E-state index contributed by atoms with van der Waals surface area (Å²) < 4.78 is 12.1. The van der Waals surface area contributed by atoms with Crippen LogP contribution in [0.4, 0.5) is 0 Å². The predicted octanol–water partition coefficient (Wildman–Crippen LogP) is 4.99. The summed E-state index contributed by atoms with van der Waals surface area (Å²) in [4.78, 5) is 16.1. The zero-order chi connectivity index (χ0) is 22.5. The quantitative estimate of drug-likeness (QED) is 0.476. The average Bonchev–Trinajstić information content (AvgIpc) is 3.65. The van der Waals surface area contributed by atoms with Gasteiger partial charge >= 0.3 is 5.97 Å². The molecule has 0 amide bonds. The molecule has 1 saturated carbocycles. The summed E-state index contributed by atoms with van der Waals surface area (Å²) in [6, 6.07) is 14.8. The zero-order valence-electron chi connectivity index (χ0n) is 18.6. The maximum atomic E-state index is 13.6. The molecule has 0 radical (unpaired) electrons. The van der Waals surface area contributed by atoms with Crippen molar-refractivity contribution in [2.24, 2.45) is 5.92 Å². The highest BCUT2D eigenvalue weighted by atomic mass is 79.9. The largest absolute Gasteiger partial charge is 0.460 e. The molecule has 3 atom stereocenters. The van der Waals surface area contributed by atoms with Gasteiger partial charge in [-0.25, -0.2) is 4.79 Å². The van der Waals surface area contributed by atoms with Gasteiger partial charge in [-0.2, -0.15) is 0 Å². The van der Waals surface area contributed by atoms with Crippen molar-refractivity contribution in [3.63, 3.8) is 0 Å². The van der Waals surface area contributed by atoms with Crippen LogP contribution in [0.3, 0.4) is 0 Å². The van der Waals surface area contributed by atoms with Crippen LogP contribution in [0, 0.1) is 5.92 Å². The molecule has 2 bridgehead atoms. The molecule has 32 heavy (non-hydrogen) atoms. The van der Waals surface area contributed by atoms with Crippen molar-refractivity contribution < 1.29 is 19.4 Å². The number of rotatable bonds is 3. The number of fused-ring (bicyclic) bond motifs is 4. The summed E-state index contributed by atoms with van der Waals surface area (Å²) in [5, 5.41) is 11.8. The Hall–Kier alpha value is -1.89. The summed E-state index contributed by atoms with van der Waals surface area (Å²) >= 11 is 2.94. The van der Waals surface area contributed by atoms with Gasteiger partial charge in [-0.15, -0.1) is 0 Å². The fourth-order valence-electron chi connectivity index (χ4n) is 6.25. The van der Waals surface area contributed by atoms with E-state index in [0.717, 1.165) is 18.8 Å². The molecule has 6 rings (SSSR count). The van der Waals surface area contributed by atoms with Crippen molar-refractivity contribution in [3.8, 4) is 11.5 Å². The second-order valence-electron chi connectivity index (χ2n) is 9.45. The first-order chi connectivity index (χ1) is 15.5. The van der Waals surface area contributed by atoms with E-state index >= 15 is 0 Å². The topological polar surface area (TPSA) is 59.0 Å². The number of para-hydroxylation sites is 2. The molecule has 0 spiro atoms. The molecule has 5 nitrogen and oxygen atoms in total. The molecular weight excluding hydrogens is 470 g/mol. The molecule has 3 heterocycles. The lowest BCUT2D eigenvalue weighted by molar-refractivity contribution is -0.174. The summed E-state index contributed by atoms with van der Waals surface area (Å²) in [7, 11) is 2.24. The second kappa shape index (κ2) is 8.15. The predicted molar refractivity (Wildman–Crippen MR) is 126 cm³/mol. The van der Waals surface area contributed by atoms with Crippen molar-refractivity contribution in [2.75, 3.05) is 12.9 Å². The number of hydrogen-bond acceptors (Lipinski definition) is 5. The fraction of sp³-hybridized carbons (Fsp3) is 0.500. The molecule has 3 aliphatic heterocycles. The Morgan fingerprint density at radius 1 is 1.06 bits per heavy atom. The number of carbonyl (C=O) groups excluding carboxylic acids is 1. The first-order valence-corrected chi connectivity index (χ1v) is 13.0. The minimum Gasteiger partial charge on any atom is -0.460 e. The summed E-state index contributed by atoms with van der Waals surface area (Å²) in [6.45, 7) is 0. The number of halogens is 1. The Morgan fingerprint density at radius 3 is 2.25 bits per heavy atom. The van der Waals surface area contributed by atoms with Crippen LogP contribution in [0.15, 0.2) is 48.5 Å². The minimum atomic E-state index is -1.86. The third-order valence-electron chi connectivity index (χ3n) is 7.96. The van der Waals surface area contributed by atoms with Crippen molar-refractivity contribution in [1.29, 1.82) is 0 Å². The van der Waals surface area contributed by atoms with E-state index < -0.39 is 11.6 Å². The second-order valence-corrected chi connectivity index (χ2v) is 9.45. The first-order valence-electron chi connectivity index (χ1n) is 11.4. The Balaban J connectivity index is 0.00000105. The fourth-order valence-corrected chi connectivity index (χ4v) is 6.25. The lowest BCUT2D eigenvalue weighted by Gasteiger charge is -2.46. The summed E-state index contributed by atoms with van der Waals surface area (Å²) in [5.74, 6) is 2.93. The molecule has 6 heteroatoms. The monoisotopic (exact) mass is 499 g/mol. The van der Waals surface area contributed by atoms with Gasteiger partial charge in [0.25, 0.3) is 0 Å². The molecule has 0 aromatic heterocycles. The van der Waals surface area contributed by atoms with E-state index in [1.54, 1.807) is 24.3 Å². The Bertz CT molecular complexity index is 977. The van der Waals surface area contributed by atoms with Crippen LogP contribution < -0.4 is 4.74 Å². The van der Waals surface area contributed by atoms with Crippen molar-refractivity contribution in [3.05, 3.63) is 59.7 Å². The van der Waals surface area contributed by atoms with Gasteiger partial charge in [-0.3, -0.25) is 4.90 Å². The molecule has 2 aromatic rings. The van der Waals surface area contributed by atoms with Crippen LogP contribution in [-0.4, -0.2) is 46.5 Å². The molecule has 2 saturated heterocycles. The number of aliphatic hydroxyl groups is 1. The molecule has 170 valence electrons. The number of nitrogens with zero attached hydrogens (tertiary/aromatic N) is 1. The molecule has 3 unspecified atom stereocenters. The van der Waals surface area contributed by atoms with Gasteiger partial charge in [0.1, 0.15) is 17.6 Å². The van der Waals surface area contributed by atoms with E-state index in [2.05, 4.69) is 27.9 Å². The minimum absolute atomic E-state index is 0.159. The number of ether oxygens (including phenoxy) is 2. The molecule has 3 fully saturated rings. The highest BCUT2D eigenvalue weighted by molar-refractivity contribution is 9.08. The average molecular weight is 500 g/mol. The van der Waals surface area contributed by atoms with Gasteiger partial charge in [0.2, 0.25) is 5.60 Å². The standard InChI is InChI=1S/C25H27NO4.CH3Br/c1-26-17-12-13-24(26,16-10-11-16)15-18(14-17)29-23(27)25(28)19-6-2-4-8-21(19)30-22-9-5-3-7-20(22)25;1-2/h2-9,16-18,28H,10-15H2,1H3;1H3. The lowest BCUT2D eigenvalue weighted by atomic mass is 9.81. The van der Waals surface area contributed by atoms with E-state index in [4.69, 9.17) is 9.47 Å². The molecule has 1 N–H and O–H groups in total. The van der Waals surface area contributed by atoms with Crippen molar-refractivity contribution >= 4 is 21.9 Å². The Kier molecular flexibility index (Phi) is 5.59. The van der Waals surface area contributed by atoms with E-state index in [9.17, 15) is 9.90 Å². The van der Waals surface area contributed by atoms with Gasteiger partial charge in [0, 0.05) is 35.5 Å². The smallest absolute Gasteiger partial charge is 0.348 e. The summed E-state index contributed by atoms with van der Waals surface area (Å²) in [6.07, 6.45) is 6.47. The normalized spacial score (nSPS) is 29.6. The van der Waals surface area contributed by atoms with Crippen LogP contribution >= 0.6 is 15.9 Å². The van der Waals surface area contributed by atoms with Gasteiger partial charge in [0.05, 0.1) is 0 Å². The Labute approximate surface area is 197 Å². The Morgan fingerprint density at radius 2 is 1.66 bits per heavy atom. The molecule has 4 aliphatic rings. The van der Waals surface area contributed by atoms with Crippen molar-refractivity contribution in [2.45, 2.75) is 61.8 Å². The van der Waals surface area contributed by atoms with Gasteiger partial charge in [-0.1, -0.05) is 52.3 Å². The first kappa shape index (κ1) is 21.9. The van der Waals surface area contributed by atoms with Crippen LogP contribution in [0.5, 0.6) is 11.5 Å². The van der Waals surface area contributed by atoms with Gasteiger partial charge in [-0.05, 0) is 56.6 Å². The summed E-state index contributed by atoms with van der Waals surface area (Å²) in [5.41, 5.74) is -0.800. The van der Waals surface area contributed by atoms with Crippen LogP contribution in [-0.2, 0) is 15.1 Å². The maximum absolute atomic E-state index is 13.6. The molecule has 2 aromatic carbocycles. The molecular formula is C26H30BrNO4. The highest BCUT2D eigenvalue weighted by Gasteiger charge is 2.58. The van der Waals surface area contributed by atoms with E-state index in [-0.39, 0.29) is 11.6 Å². The van der Waals surface area contributed by atoms with E-state index in [0.29, 0.717) is 28.7 Å². The molecule has 1 aliphatic carbocycles. The number of esters is 1. The highest BCUT2D eigenvalue weighted by Crippen LogP contribution is 2.56. The number of alkyl halides is 1. The van der Waals surface area contributed by atoms with E-state index in [1.807, 2.05) is 30.1 Å².